The lowest BCUT2D eigenvalue weighted by Crippen LogP contribution is -2.48. The summed E-state index contributed by atoms with van der Waals surface area (Å²) in [6.45, 7) is 7.79. The Morgan fingerprint density at radius 2 is 1.16 bits per heavy atom. The van der Waals surface area contributed by atoms with Crippen LogP contribution >= 0.6 is 0 Å². The van der Waals surface area contributed by atoms with E-state index in [4.69, 9.17) is 25.9 Å². The van der Waals surface area contributed by atoms with Crippen molar-refractivity contribution >= 4 is 49.4 Å². The highest BCUT2D eigenvalue weighted by atomic mass is 16.3. The van der Waals surface area contributed by atoms with Crippen LogP contribution in [-0.2, 0) is 5.41 Å². The number of benzene rings is 7. The fourth-order valence-corrected chi connectivity index (χ4v) is 12.1. The number of hydrogen-bond donors (Lipinski definition) is 0. The molecule has 6 nitrogen and oxygen atoms in total. The molecule has 0 aliphatic heterocycles. The number of fused-ring (bicyclic) bond motifs is 6. The second kappa shape index (κ2) is 13.6. The largest absolute Gasteiger partial charge is 0.455 e. The van der Waals surface area contributed by atoms with Crippen LogP contribution in [0.5, 0.6) is 0 Å². The maximum absolute atomic E-state index is 7.79. The van der Waals surface area contributed by atoms with E-state index in [1.165, 1.54) is 49.5 Å². The third-order valence-electron chi connectivity index (χ3n) is 14.4. The van der Waals surface area contributed by atoms with Crippen molar-refractivity contribution in [2.24, 2.45) is 17.8 Å². The van der Waals surface area contributed by atoms with E-state index >= 15 is 0 Å². The van der Waals surface area contributed by atoms with E-state index in [9.17, 15) is 0 Å². The molecule has 4 fully saturated rings. The highest BCUT2D eigenvalue weighted by Gasteiger charge is 2.51. The van der Waals surface area contributed by atoms with Gasteiger partial charge in [-0.3, -0.25) is 0 Å². The van der Waals surface area contributed by atoms with Crippen LogP contribution in [-0.4, -0.2) is 19.5 Å². The molecule has 0 unspecified atom stereocenters. The summed E-state index contributed by atoms with van der Waals surface area (Å²) < 4.78 is 9.04. The molecule has 3 heterocycles. The van der Waals surface area contributed by atoms with Crippen molar-refractivity contribution in [2.75, 3.05) is 0 Å². The minimum absolute atomic E-state index is 0.337. The van der Waals surface area contributed by atoms with E-state index in [1.54, 1.807) is 0 Å². The molecule has 10 aromatic rings. The van der Waals surface area contributed by atoms with Gasteiger partial charge in [-0.05, 0) is 127 Å². The average Bonchev–Trinajstić information content (AvgIpc) is 3.86. The fraction of sp³-hybridized carbons (Fsp3) is 0.179. The lowest BCUT2D eigenvalue weighted by molar-refractivity contribution is -0.00518. The van der Waals surface area contributed by atoms with Crippen molar-refractivity contribution in [3.8, 4) is 51.0 Å². The molecule has 6 heteroatoms. The monoisotopic (exact) mass is 799 g/mol. The van der Waals surface area contributed by atoms with Crippen molar-refractivity contribution in [1.29, 1.82) is 0 Å². The topological polar surface area (TPSA) is 61.1 Å². The molecule has 0 radical (unpaired) electrons. The maximum Gasteiger partial charge on any atom is 0.187 e. The number of nitrogens with zero attached hydrogens (tertiary/aromatic N) is 5. The number of aromatic nitrogens is 4. The Morgan fingerprint density at radius 3 is 1.92 bits per heavy atom. The fourth-order valence-electron chi connectivity index (χ4n) is 12.1. The van der Waals surface area contributed by atoms with E-state index in [0.29, 0.717) is 28.6 Å². The van der Waals surface area contributed by atoms with Gasteiger partial charge in [-0.2, -0.15) is 0 Å². The molecule has 296 valence electrons. The Kier molecular flexibility index (Phi) is 7.75. The average molecular weight is 800 g/mol. The van der Waals surface area contributed by atoms with Crippen LogP contribution < -0.4 is 0 Å². The predicted octanol–water partition coefficient (Wildman–Crippen LogP) is 14.6. The molecule has 4 bridgehead atoms. The van der Waals surface area contributed by atoms with E-state index in [-0.39, 0.29) is 0 Å². The Morgan fingerprint density at radius 1 is 0.516 bits per heavy atom. The molecule has 4 aliphatic rings. The van der Waals surface area contributed by atoms with Gasteiger partial charge >= 0.3 is 0 Å². The highest BCUT2D eigenvalue weighted by Crippen LogP contribution is 2.61. The zero-order chi connectivity index (χ0) is 40.9. The molecule has 14 rings (SSSR count). The summed E-state index contributed by atoms with van der Waals surface area (Å²) in [5.41, 5.74) is 11.9. The first-order chi connectivity index (χ1) is 30.6. The van der Waals surface area contributed by atoms with E-state index in [1.807, 2.05) is 42.5 Å². The molecule has 0 spiro atoms. The van der Waals surface area contributed by atoms with Gasteiger partial charge < -0.3 is 8.98 Å². The molecule has 62 heavy (non-hydrogen) atoms. The predicted molar refractivity (Wildman–Crippen MR) is 249 cm³/mol. The molecule has 7 aromatic carbocycles. The molecular weight excluding hydrogens is 759 g/mol. The molecule has 0 amide bonds. The second-order valence-electron chi connectivity index (χ2n) is 18.2. The third-order valence-corrected chi connectivity index (χ3v) is 14.4. The van der Waals surface area contributed by atoms with Crippen LogP contribution in [0.4, 0.5) is 5.69 Å². The Balaban J connectivity index is 1.01. The minimum Gasteiger partial charge on any atom is -0.455 e. The summed E-state index contributed by atoms with van der Waals surface area (Å²) in [6.07, 6.45) is 8.37. The van der Waals surface area contributed by atoms with Crippen molar-refractivity contribution in [2.45, 2.75) is 43.9 Å². The van der Waals surface area contributed by atoms with Crippen LogP contribution in [0, 0.1) is 24.3 Å². The van der Waals surface area contributed by atoms with Gasteiger partial charge in [0, 0.05) is 38.4 Å². The molecule has 4 aliphatic carbocycles. The van der Waals surface area contributed by atoms with Crippen LogP contribution in [0.15, 0.2) is 162 Å². The van der Waals surface area contributed by atoms with Crippen molar-refractivity contribution in [1.82, 2.24) is 19.5 Å². The van der Waals surface area contributed by atoms with E-state index < -0.39 is 0 Å². The minimum atomic E-state index is 0.337. The first-order valence-electron chi connectivity index (χ1n) is 22.0. The van der Waals surface area contributed by atoms with Gasteiger partial charge in [0.1, 0.15) is 11.2 Å². The standard InChI is InChI=1S/C56H41N5O/c1-57-42-11-9-10-38(27-42)53-58-54(39-20-23-45-44-14-5-7-16-49(44)61(50(45)30-39)43-12-3-2-4-13-43)60-55(59-53)48-29-40(28-47-46-15-6-8-17-51(46)62-52(47)48)37-18-21-41(22-19-37)56-31-34-24-35(32-56)26-36(25-34)33-56/h2-23,27-30,34-36H,24-26,31-33H2. The normalized spacial score (nSPS) is 20.4. The lowest BCUT2D eigenvalue weighted by Gasteiger charge is -2.57. The van der Waals surface area contributed by atoms with Gasteiger partial charge in [-0.1, -0.05) is 109 Å². The van der Waals surface area contributed by atoms with Gasteiger partial charge in [0.15, 0.2) is 23.2 Å². The summed E-state index contributed by atoms with van der Waals surface area (Å²) in [7, 11) is 0. The number of rotatable bonds is 6. The number of furan rings is 1. The van der Waals surface area contributed by atoms with Crippen LogP contribution in [0.25, 0.3) is 99.6 Å². The zero-order valence-corrected chi connectivity index (χ0v) is 34.1. The molecule has 0 saturated heterocycles. The lowest BCUT2D eigenvalue weighted by atomic mass is 9.48. The van der Waals surface area contributed by atoms with Gasteiger partial charge in [0.2, 0.25) is 0 Å². The van der Waals surface area contributed by atoms with Gasteiger partial charge in [-0.25, -0.2) is 19.8 Å². The number of para-hydroxylation sites is 3. The smallest absolute Gasteiger partial charge is 0.187 e. The first kappa shape index (κ1) is 35.4. The Bertz CT molecular complexity index is 3430. The third kappa shape index (κ3) is 5.58. The molecular formula is C56H41N5O. The summed E-state index contributed by atoms with van der Waals surface area (Å²) in [6, 6.07) is 55.3. The molecule has 0 atom stereocenters. The number of hydrogen-bond acceptors (Lipinski definition) is 4. The van der Waals surface area contributed by atoms with Gasteiger partial charge in [0.05, 0.1) is 23.2 Å². The van der Waals surface area contributed by atoms with Gasteiger partial charge in [-0.15, -0.1) is 0 Å². The second-order valence-corrected chi connectivity index (χ2v) is 18.2. The quantitative estimate of drug-likeness (QED) is 0.157. The molecule has 3 aromatic heterocycles. The Hall–Kier alpha value is -7.36. The van der Waals surface area contributed by atoms with E-state index in [2.05, 4.69) is 125 Å². The summed E-state index contributed by atoms with van der Waals surface area (Å²) in [5.74, 6) is 4.24. The highest BCUT2D eigenvalue weighted by molar-refractivity contribution is 6.12. The van der Waals surface area contributed by atoms with Crippen LogP contribution in [0.2, 0.25) is 0 Å². The SMILES string of the molecule is [C-]#[N+]c1cccc(-c2nc(-c3ccc4c5ccccc5n(-c5ccccc5)c4c3)nc(-c3cc(-c4ccc(C56CC7CC(CC(C7)C5)C6)cc4)cc4c3oc3ccccc34)n2)c1. The molecule has 4 saturated carbocycles. The van der Waals surface area contributed by atoms with E-state index in [0.717, 1.165) is 89.6 Å². The summed E-state index contributed by atoms with van der Waals surface area (Å²) >= 11 is 0. The van der Waals surface area contributed by atoms with Crippen LogP contribution in [0.3, 0.4) is 0 Å². The first-order valence-corrected chi connectivity index (χ1v) is 22.0. The molecule has 0 N–H and O–H groups in total. The van der Waals surface area contributed by atoms with Crippen LogP contribution in [0.1, 0.15) is 44.1 Å². The zero-order valence-electron chi connectivity index (χ0n) is 34.1. The van der Waals surface area contributed by atoms with Crippen molar-refractivity contribution in [3.05, 3.63) is 175 Å². The maximum atomic E-state index is 7.79. The summed E-state index contributed by atoms with van der Waals surface area (Å²) in [5, 5.41) is 4.40. The van der Waals surface area contributed by atoms with Crippen molar-refractivity contribution < 1.29 is 4.42 Å². The summed E-state index contributed by atoms with van der Waals surface area (Å²) in [4.78, 5) is 19.5. The van der Waals surface area contributed by atoms with Gasteiger partial charge in [0.25, 0.3) is 0 Å². The van der Waals surface area contributed by atoms with Crippen molar-refractivity contribution in [3.63, 3.8) is 0 Å². The Labute approximate surface area is 359 Å².